The molecule has 0 atom stereocenters. The summed E-state index contributed by atoms with van der Waals surface area (Å²) in [6.07, 6.45) is 6.75. The van der Waals surface area contributed by atoms with Crippen molar-refractivity contribution in [3.63, 3.8) is 0 Å². The first kappa shape index (κ1) is 17.7. The fraction of sp³-hybridized carbons (Fsp3) is 0.217. The van der Waals surface area contributed by atoms with E-state index in [4.69, 9.17) is 4.74 Å². The van der Waals surface area contributed by atoms with E-state index in [1.807, 2.05) is 29.3 Å². The standard InChI is InChI=1S/C23H22N4O2/c1-2-15-3-6-19(7-4-15)27-12-17(10-25-27)16-5-8-21-20(9-16)22(11-24-21)26-23(28)18-13-29-14-18/h3-12,18,24H,2,13-14H2,1H3,(H,26,28). The summed E-state index contributed by atoms with van der Waals surface area (Å²) in [5.41, 5.74) is 6.19. The second kappa shape index (κ2) is 7.22. The van der Waals surface area contributed by atoms with Crippen LogP contribution < -0.4 is 5.32 Å². The topological polar surface area (TPSA) is 71.9 Å². The molecular formula is C23H22N4O2. The maximum atomic E-state index is 12.3. The molecule has 1 saturated heterocycles. The van der Waals surface area contributed by atoms with E-state index in [1.165, 1.54) is 5.56 Å². The van der Waals surface area contributed by atoms with Gasteiger partial charge in [0.15, 0.2) is 0 Å². The lowest BCUT2D eigenvalue weighted by Crippen LogP contribution is -2.38. The molecule has 3 heterocycles. The second-order valence-corrected chi connectivity index (χ2v) is 7.38. The van der Waals surface area contributed by atoms with Crippen LogP contribution in [0.1, 0.15) is 12.5 Å². The van der Waals surface area contributed by atoms with Gasteiger partial charge in [0.05, 0.1) is 36.7 Å². The molecule has 6 heteroatoms. The number of aromatic nitrogens is 3. The first-order valence-corrected chi connectivity index (χ1v) is 9.85. The predicted molar refractivity (Wildman–Crippen MR) is 113 cm³/mol. The van der Waals surface area contributed by atoms with Gasteiger partial charge in [-0.05, 0) is 41.8 Å². The summed E-state index contributed by atoms with van der Waals surface area (Å²) in [5, 5.41) is 8.52. The van der Waals surface area contributed by atoms with E-state index < -0.39 is 0 Å². The van der Waals surface area contributed by atoms with E-state index in [-0.39, 0.29) is 11.8 Å². The number of H-pyrrole nitrogens is 1. The Morgan fingerprint density at radius 3 is 2.76 bits per heavy atom. The van der Waals surface area contributed by atoms with Crippen LogP contribution in [-0.4, -0.2) is 33.9 Å². The zero-order chi connectivity index (χ0) is 19.8. The van der Waals surface area contributed by atoms with Crippen LogP contribution in [0.3, 0.4) is 0 Å². The van der Waals surface area contributed by atoms with E-state index >= 15 is 0 Å². The van der Waals surface area contributed by atoms with E-state index in [9.17, 15) is 4.79 Å². The van der Waals surface area contributed by atoms with Crippen LogP contribution in [0.15, 0.2) is 61.1 Å². The number of aromatic amines is 1. The average molecular weight is 386 g/mol. The minimum absolute atomic E-state index is 0.00546. The van der Waals surface area contributed by atoms with Gasteiger partial charge in [0, 0.05) is 28.9 Å². The number of ether oxygens (including phenoxy) is 1. The molecule has 0 bridgehead atoms. The molecule has 2 aromatic carbocycles. The zero-order valence-corrected chi connectivity index (χ0v) is 16.2. The number of benzene rings is 2. The SMILES string of the molecule is CCc1ccc(-n2cc(-c3ccc4[nH]cc(NC(=O)C5COC5)c4c3)cn2)cc1. The van der Waals surface area contributed by atoms with Gasteiger partial charge in [-0.3, -0.25) is 4.79 Å². The van der Waals surface area contributed by atoms with Crippen molar-refractivity contribution in [3.8, 4) is 16.8 Å². The van der Waals surface area contributed by atoms with Crippen molar-refractivity contribution in [2.24, 2.45) is 5.92 Å². The summed E-state index contributed by atoms with van der Waals surface area (Å²) in [7, 11) is 0. The fourth-order valence-electron chi connectivity index (χ4n) is 3.52. The zero-order valence-electron chi connectivity index (χ0n) is 16.2. The summed E-state index contributed by atoms with van der Waals surface area (Å²) in [5.74, 6) is -0.0497. The molecular weight excluding hydrogens is 364 g/mol. The number of amides is 1. The number of anilines is 1. The quantitative estimate of drug-likeness (QED) is 0.541. The molecule has 4 aromatic rings. The summed E-state index contributed by atoms with van der Waals surface area (Å²) < 4.78 is 7.00. The molecule has 0 unspecified atom stereocenters. The molecule has 6 nitrogen and oxygen atoms in total. The lowest BCUT2D eigenvalue weighted by molar-refractivity contribution is -0.133. The number of rotatable bonds is 5. The van der Waals surface area contributed by atoms with Crippen LogP contribution in [0.5, 0.6) is 0 Å². The Bertz CT molecular complexity index is 1170. The van der Waals surface area contributed by atoms with Crippen LogP contribution in [0.4, 0.5) is 5.69 Å². The lowest BCUT2D eigenvalue weighted by Gasteiger charge is -2.24. The van der Waals surface area contributed by atoms with Gasteiger partial charge in [-0.1, -0.05) is 25.1 Å². The minimum atomic E-state index is -0.0551. The minimum Gasteiger partial charge on any atom is -0.380 e. The molecule has 1 aliphatic rings. The lowest BCUT2D eigenvalue weighted by atomic mass is 10.1. The molecule has 5 rings (SSSR count). The Morgan fingerprint density at radius 2 is 2.03 bits per heavy atom. The van der Waals surface area contributed by atoms with Gasteiger partial charge < -0.3 is 15.0 Å². The monoisotopic (exact) mass is 386 g/mol. The van der Waals surface area contributed by atoms with Gasteiger partial charge >= 0.3 is 0 Å². The van der Waals surface area contributed by atoms with Gasteiger partial charge in [-0.2, -0.15) is 5.10 Å². The second-order valence-electron chi connectivity index (χ2n) is 7.38. The van der Waals surface area contributed by atoms with E-state index in [2.05, 4.69) is 58.7 Å². The maximum Gasteiger partial charge on any atom is 0.232 e. The molecule has 2 N–H and O–H groups in total. The molecule has 1 amide bonds. The van der Waals surface area contributed by atoms with Crippen molar-refractivity contribution in [2.45, 2.75) is 13.3 Å². The molecule has 0 spiro atoms. The summed E-state index contributed by atoms with van der Waals surface area (Å²) >= 11 is 0. The first-order valence-electron chi connectivity index (χ1n) is 9.85. The Hall–Kier alpha value is -3.38. The number of aryl methyl sites for hydroxylation is 1. The highest BCUT2D eigenvalue weighted by atomic mass is 16.5. The molecule has 146 valence electrons. The fourth-order valence-corrected chi connectivity index (χ4v) is 3.52. The third kappa shape index (κ3) is 3.32. The van der Waals surface area contributed by atoms with Crippen molar-refractivity contribution in [1.29, 1.82) is 0 Å². The van der Waals surface area contributed by atoms with Gasteiger partial charge in [-0.25, -0.2) is 4.68 Å². The average Bonchev–Trinajstić information content (AvgIpc) is 3.34. The van der Waals surface area contributed by atoms with Gasteiger partial charge in [0.1, 0.15) is 0 Å². The maximum absolute atomic E-state index is 12.3. The van der Waals surface area contributed by atoms with Crippen molar-refractivity contribution < 1.29 is 9.53 Å². The number of carbonyl (C=O) groups is 1. The molecule has 29 heavy (non-hydrogen) atoms. The number of carbonyl (C=O) groups excluding carboxylic acids is 1. The van der Waals surface area contributed by atoms with E-state index in [1.54, 1.807) is 0 Å². The highest BCUT2D eigenvalue weighted by molar-refractivity contribution is 6.03. The van der Waals surface area contributed by atoms with Gasteiger partial charge in [-0.15, -0.1) is 0 Å². The van der Waals surface area contributed by atoms with E-state index in [0.717, 1.165) is 39.8 Å². The predicted octanol–water partition coefficient (Wildman–Crippen LogP) is 4.17. The van der Waals surface area contributed by atoms with Crippen LogP contribution in [0.2, 0.25) is 0 Å². The Balaban J connectivity index is 1.43. The summed E-state index contributed by atoms with van der Waals surface area (Å²) in [6.45, 7) is 3.14. The van der Waals surface area contributed by atoms with Gasteiger partial charge in [0.2, 0.25) is 5.91 Å². The highest BCUT2D eigenvalue weighted by Gasteiger charge is 2.27. The van der Waals surface area contributed by atoms with Crippen molar-refractivity contribution in [3.05, 3.63) is 66.6 Å². The van der Waals surface area contributed by atoms with Crippen molar-refractivity contribution in [2.75, 3.05) is 18.5 Å². The number of hydrogen-bond acceptors (Lipinski definition) is 3. The molecule has 2 aromatic heterocycles. The number of fused-ring (bicyclic) bond motifs is 1. The van der Waals surface area contributed by atoms with Crippen molar-refractivity contribution >= 4 is 22.5 Å². The number of nitrogens with one attached hydrogen (secondary N) is 2. The molecule has 1 aliphatic heterocycles. The summed E-state index contributed by atoms with van der Waals surface area (Å²) in [4.78, 5) is 15.5. The van der Waals surface area contributed by atoms with Gasteiger partial charge in [0.25, 0.3) is 0 Å². The van der Waals surface area contributed by atoms with Crippen LogP contribution in [-0.2, 0) is 16.0 Å². The third-order valence-electron chi connectivity index (χ3n) is 5.47. The highest BCUT2D eigenvalue weighted by Crippen LogP contribution is 2.30. The number of nitrogens with zero attached hydrogens (tertiary/aromatic N) is 2. The molecule has 0 aliphatic carbocycles. The molecule has 0 radical (unpaired) electrons. The van der Waals surface area contributed by atoms with Crippen LogP contribution in [0.25, 0.3) is 27.7 Å². The Kier molecular flexibility index (Phi) is 4.41. The molecule has 0 saturated carbocycles. The van der Waals surface area contributed by atoms with Crippen LogP contribution in [0, 0.1) is 5.92 Å². The number of hydrogen-bond donors (Lipinski definition) is 2. The normalized spacial score (nSPS) is 14.1. The Labute approximate surface area is 168 Å². The largest absolute Gasteiger partial charge is 0.380 e. The van der Waals surface area contributed by atoms with Crippen molar-refractivity contribution in [1.82, 2.24) is 14.8 Å². The smallest absolute Gasteiger partial charge is 0.232 e. The first-order chi connectivity index (χ1) is 14.2. The third-order valence-corrected chi connectivity index (χ3v) is 5.47. The van der Waals surface area contributed by atoms with E-state index in [0.29, 0.717) is 13.2 Å². The summed E-state index contributed by atoms with van der Waals surface area (Å²) in [6, 6.07) is 14.6. The Morgan fingerprint density at radius 1 is 1.21 bits per heavy atom. The molecule has 1 fully saturated rings. The van der Waals surface area contributed by atoms with Crippen LogP contribution >= 0.6 is 0 Å².